The number of nitrogens with one attached hydrogen (secondary N) is 1. The van der Waals surface area contributed by atoms with E-state index in [2.05, 4.69) is 116 Å². The van der Waals surface area contributed by atoms with Gasteiger partial charge in [-0.05, 0) is 96.3 Å². The Labute approximate surface area is 521 Å². The van der Waals surface area contributed by atoms with Crippen molar-refractivity contribution in [1.29, 1.82) is 0 Å². The summed E-state index contributed by atoms with van der Waals surface area (Å²) in [6.45, 7) is 4.53. The van der Waals surface area contributed by atoms with Crippen molar-refractivity contribution in [2.24, 2.45) is 0 Å². The van der Waals surface area contributed by atoms with Crippen LogP contribution in [0.2, 0.25) is 0 Å². The largest absolute Gasteiger partial charge is 0.756 e. The molecule has 2 N–H and O–H groups in total. The van der Waals surface area contributed by atoms with E-state index in [1.807, 2.05) is 27.2 Å². The van der Waals surface area contributed by atoms with Gasteiger partial charge in [0, 0.05) is 6.42 Å². The predicted molar refractivity (Wildman–Crippen MR) is 366 cm³/mol. The van der Waals surface area contributed by atoms with E-state index < -0.39 is 26.6 Å². The second kappa shape index (κ2) is 64.6. The third-order valence-corrected chi connectivity index (χ3v) is 16.4. The molecule has 0 saturated heterocycles. The fraction of sp³-hybridized carbons (Fsp3) is 0.747. The molecule has 0 fully saturated rings. The van der Waals surface area contributed by atoms with Gasteiger partial charge < -0.3 is 28.8 Å². The number of phosphoric ester groups is 1. The molecule has 0 saturated carbocycles. The number of likely N-dealkylation sites (N-methyl/N-ethyl adjacent to an activating group) is 1. The van der Waals surface area contributed by atoms with Crippen molar-refractivity contribution in [1.82, 2.24) is 5.32 Å². The fourth-order valence-electron chi connectivity index (χ4n) is 10.0. The maximum absolute atomic E-state index is 13.0. The molecule has 0 bridgehead atoms. The van der Waals surface area contributed by atoms with Gasteiger partial charge in [-0.25, -0.2) is 0 Å². The summed E-state index contributed by atoms with van der Waals surface area (Å²) in [6.07, 6.45) is 95.0. The van der Waals surface area contributed by atoms with Gasteiger partial charge in [-0.15, -0.1) is 0 Å². The van der Waals surface area contributed by atoms with Gasteiger partial charge in [0.15, 0.2) is 0 Å². The second-order valence-corrected chi connectivity index (χ2v) is 26.2. The monoisotopic (exact) mass is 1190 g/mol. The summed E-state index contributed by atoms with van der Waals surface area (Å²) in [5, 5.41) is 13.9. The fourth-order valence-corrected chi connectivity index (χ4v) is 10.7. The normalized spacial score (nSPS) is 14.3. The maximum Gasteiger partial charge on any atom is 0.268 e. The molecule has 0 radical (unpaired) electrons. The molecule has 0 aliphatic heterocycles. The number of unbranched alkanes of at least 4 members (excludes halogenated alkanes) is 35. The topological polar surface area (TPSA) is 108 Å². The summed E-state index contributed by atoms with van der Waals surface area (Å²) < 4.78 is 23.4. The first kappa shape index (κ1) is 81.2. The zero-order valence-electron chi connectivity index (χ0n) is 55.6. The first-order chi connectivity index (χ1) is 41.0. The molecule has 0 heterocycles. The third-order valence-electron chi connectivity index (χ3n) is 15.4. The molecule has 0 aromatic heterocycles. The maximum atomic E-state index is 13.0. The quantitative estimate of drug-likeness (QED) is 0.0272. The lowest BCUT2D eigenvalue weighted by Gasteiger charge is -2.29. The number of quaternary nitrogens is 1. The Morgan fingerprint density at radius 3 is 1.11 bits per heavy atom. The first-order valence-corrected chi connectivity index (χ1v) is 36.7. The number of aliphatic hydroxyl groups is 1. The van der Waals surface area contributed by atoms with Crippen LogP contribution in [0.15, 0.2) is 109 Å². The van der Waals surface area contributed by atoms with Crippen LogP contribution in [-0.4, -0.2) is 68.5 Å². The van der Waals surface area contributed by atoms with Crippen LogP contribution in [-0.2, 0) is 18.4 Å². The minimum atomic E-state index is -4.62. The number of carbonyl (C=O) groups is 1. The van der Waals surface area contributed by atoms with Crippen LogP contribution in [0.4, 0.5) is 0 Å². The summed E-state index contributed by atoms with van der Waals surface area (Å²) in [7, 11) is 1.23. The number of nitrogens with zero attached hydrogens (tertiary/aromatic N) is 1. The summed E-state index contributed by atoms with van der Waals surface area (Å²) in [5.74, 6) is -0.215. The molecule has 0 aliphatic carbocycles. The molecule has 0 spiro atoms. The summed E-state index contributed by atoms with van der Waals surface area (Å²) >= 11 is 0. The molecule has 0 aromatic rings. The van der Waals surface area contributed by atoms with Crippen LogP contribution in [0.1, 0.15) is 309 Å². The Morgan fingerprint density at radius 1 is 0.429 bits per heavy atom. The Bertz CT molecular complexity index is 1740. The van der Waals surface area contributed by atoms with Gasteiger partial charge in [-0.3, -0.25) is 9.36 Å². The highest BCUT2D eigenvalue weighted by atomic mass is 31.2. The highest BCUT2D eigenvalue weighted by Crippen LogP contribution is 2.38. The molecule has 1 amide bonds. The molecular weight excluding hydrogens is 1060 g/mol. The average molecular weight is 1190 g/mol. The Kier molecular flexibility index (Phi) is 62.4. The highest BCUT2D eigenvalue weighted by Gasteiger charge is 2.23. The van der Waals surface area contributed by atoms with Crippen molar-refractivity contribution in [3.8, 4) is 0 Å². The molecular formula is C75H135N2O6P. The molecule has 0 aliphatic rings. The van der Waals surface area contributed by atoms with Gasteiger partial charge in [0.25, 0.3) is 7.82 Å². The van der Waals surface area contributed by atoms with Crippen molar-refractivity contribution in [3.63, 3.8) is 0 Å². The minimum Gasteiger partial charge on any atom is -0.756 e. The Hall–Kier alpha value is -2.84. The Balaban J connectivity index is 4.16. The second-order valence-electron chi connectivity index (χ2n) is 24.8. The molecule has 0 aromatic carbocycles. The van der Waals surface area contributed by atoms with E-state index in [0.717, 1.165) is 83.5 Å². The van der Waals surface area contributed by atoms with Crippen LogP contribution >= 0.6 is 7.82 Å². The van der Waals surface area contributed by atoms with Gasteiger partial charge >= 0.3 is 0 Å². The van der Waals surface area contributed by atoms with Gasteiger partial charge in [0.2, 0.25) is 5.91 Å². The van der Waals surface area contributed by atoms with Gasteiger partial charge in [-0.1, -0.05) is 316 Å². The zero-order valence-corrected chi connectivity index (χ0v) is 56.5. The lowest BCUT2D eigenvalue weighted by atomic mass is 10.0. The first-order valence-electron chi connectivity index (χ1n) is 35.2. The predicted octanol–water partition coefficient (Wildman–Crippen LogP) is 22.0. The lowest BCUT2D eigenvalue weighted by Crippen LogP contribution is -2.45. The van der Waals surface area contributed by atoms with Crippen LogP contribution in [0, 0.1) is 0 Å². The molecule has 3 atom stereocenters. The SMILES string of the molecule is CC/C=C\C/C=C\C/C=C\C/C=C\C/C=C\C/C=C\CCCCCCCCCCCCCCC(=O)NC(COP(=O)([O-])OCC[N+](C)(C)C)C(O)/C=C/CC/C=C/CC/C=C/CCCCCCCCCCCCCCCCCCCCCCC. The van der Waals surface area contributed by atoms with E-state index in [1.54, 1.807) is 6.08 Å². The zero-order chi connectivity index (χ0) is 61.2. The molecule has 8 nitrogen and oxygen atoms in total. The van der Waals surface area contributed by atoms with Gasteiger partial charge in [0.1, 0.15) is 13.2 Å². The number of amides is 1. The van der Waals surface area contributed by atoms with E-state index in [9.17, 15) is 19.4 Å². The van der Waals surface area contributed by atoms with Crippen molar-refractivity contribution >= 4 is 13.7 Å². The van der Waals surface area contributed by atoms with E-state index in [0.29, 0.717) is 17.4 Å². The molecule has 84 heavy (non-hydrogen) atoms. The van der Waals surface area contributed by atoms with E-state index >= 15 is 0 Å². The number of aliphatic hydroxyl groups excluding tert-OH is 1. The van der Waals surface area contributed by atoms with Gasteiger partial charge in [0.05, 0.1) is 39.9 Å². The lowest BCUT2D eigenvalue weighted by molar-refractivity contribution is -0.870. The summed E-state index contributed by atoms with van der Waals surface area (Å²) in [4.78, 5) is 25.6. The third kappa shape index (κ3) is 66.7. The minimum absolute atomic E-state index is 0.0138. The highest BCUT2D eigenvalue weighted by molar-refractivity contribution is 7.45. The Morgan fingerprint density at radius 2 is 0.738 bits per heavy atom. The van der Waals surface area contributed by atoms with Crippen LogP contribution in [0.5, 0.6) is 0 Å². The van der Waals surface area contributed by atoms with E-state index in [-0.39, 0.29) is 12.5 Å². The number of hydrogen-bond donors (Lipinski definition) is 2. The molecule has 486 valence electrons. The standard InChI is InChI=1S/C75H135N2O6P/c1-6-8-10-12-14-16-18-20-22-24-26-28-30-32-34-36-38-40-42-44-46-48-50-52-54-56-58-60-62-64-66-68-74(78)73(72-83-84(80,81)82-71-70-77(3,4)5)76-75(79)69-67-65-63-61-59-57-55-53-51-49-47-45-43-41-39-37-35-33-31-29-27-25-23-21-19-17-15-13-11-9-7-2/h9,11,15,17,21,23,27,29,33,35,39,41,50,52,58,60,66,68,73-74,78H,6-8,10,12-14,16,18-20,22,24-26,28,30-32,34,36-38,40,42-49,51,53-57,59,61-65,67,69-72H2,1-5H3,(H-,76,79,80,81)/b11-9-,17-15-,23-21-,29-27-,35-33-,41-39-,52-50+,60-58+,68-66+. The molecule has 3 unspecified atom stereocenters. The average Bonchev–Trinajstić information content (AvgIpc) is 3.56. The summed E-state index contributed by atoms with van der Waals surface area (Å²) in [6, 6.07) is -0.920. The number of allylic oxidation sites excluding steroid dienone is 17. The van der Waals surface area contributed by atoms with Crippen molar-refractivity contribution in [2.45, 2.75) is 321 Å². The van der Waals surface area contributed by atoms with Crippen molar-refractivity contribution in [3.05, 3.63) is 109 Å². The van der Waals surface area contributed by atoms with Crippen LogP contribution in [0.25, 0.3) is 0 Å². The number of hydrogen-bond acceptors (Lipinski definition) is 6. The molecule has 9 heteroatoms. The van der Waals surface area contributed by atoms with E-state index in [4.69, 9.17) is 9.05 Å². The number of rotatable bonds is 64. The van der Waals surface area contributed by atoms with Crippen LogP contribution in [0.3, 0.4) is 0 Å². The molecule has 0 rings (SSSR count). The van der Waals surface area contributed by atoms with Crippen molar-refractivity contribution in [2.75, 3.05) is 40.9 Å². The summed E-state index contributed by atoms with van der Waals surface area (Å²) in [5.41, 5.74) is 0. The number of carbonyl (C=O) groups excluding carboxylic acids is 1. The van der Waals surface area contributed by atoms with Crippen molar-refractivity contribution < 1.29 is 32.9 Å². The number of phosphoric acid groups is 1. The van der Waals surface area contributed by atoms with E-state index in [1.165, 1.54) is 205 Å². The van der Waals surface area contributed by atoms with Crippen LogP contribution < -0.4 is 10.2 Å². The van der Waals surface area contributed by atoms with Gasteiger partial charge in [-0.2, -0.15) is 0 Å². The smallest absolute Gasteiger partial charge is 0.268 e.